The summed E-state index contributed by atoms with van der Waals surface area (Å²) in [6.45, 7) is 3.69. The summed E-state index contributed by atoms with van der Waals surface area (Å²) in [5, 5.41) is 3.83. The lowest BCUT2D eigenvalue weighted by atomic mass is 10.1. The maximum Gasteiger partial charge on any atom is 0.291 e. The van der Waals surface area contributed by atoms with Crippen LogP contribution in [-0.2, 0) is 0 Å². The number of aromatic nitrogens is 1. The van der Waals surface area contributed by atoms with Crippen LogP contribution < -0.4 is 20.5 Å². The maximum atomic E-state index is 12.4. The Labute approximate surface area is 122 Å². The van der Waals surface area contributed by atoms with Crippen molar-refractivity contribution in [1.29, 1.82) is 0 Å². The molecule has 1 N–H and O–H groups in total. The van der Waals surface area contributed by atoms with Crippen LogP contribution in [0.4, 0.5) is 0 Å². The van der Waals surface area contributed by atoms with E-state index in [-0.39, 0.29) is 23.2 Å². The molecule has 0 aliphatic carbocycles. The van der Waals surface area contributed by atoms with E-state index in [9.17, 15) is 9.59 Å². The van der Waals surface area contributed by atoms with Gasteiger partial charge in [-0.2, -0.15) is 0 Å². The molecule has 1 amide bonds. The Morgan fingerprint density at radius 2 is 1.95 bits per heavy atom. The highest BCUT2D eigenvalue weighted by molar-refractivity contribution is 5.97. The largest absolute Gasteiger partial charge is 0.497 e. The zero-order valence-electron chi connectivity index (χ0n) is 12.5. The SMILES string of the molecule is COc1ccc2c(=O)n(OC)c(C(=O)NC(C)C)cc2c1. The molecule has 1 aromatic carbocycles. The zero-order chi connectivity index (χ0) is 15.6. The first kappa shape index (κ1) is 14.9. The molecular weight excluding hydrogens is 272 g/mol. The molecule has 1 heterocycles. The van der Waals surface area contributed by atoms with Crippen molar-refractivity contribution in [2.75, 3.05) is 14.2 Å². The van der Waals surface area contributed by atoms with E-state index in [2.05, 4.69) is 5.32 Å². The van der Waals surface area contributed by atoms with Crippen molar-refractivity contribution in [2.24, 2.45) is 0 Å². The van der Waals surface area contributed by atoms with Gasteiger partial charge in [0.1, 0.15) is 18.6 Å². The van der Waals surface area contributed by atoms with Crippen molar-refractivity contribution >= 4 is 16.7 Å². The van der Waals surface area contributed by atoms with Gasteiger partial charge in [-0.25, -0.2) is 0 Å². The molecule has 6 heteroatoms. The Balaban J connectivity index is 2.68. The predicted octanol–water partition coefficient (Wildman–Crippen LogP) is 1.21. The van der Waals surface area contributed by atoms with Crippen molar-refractivity contribution in [1.82, 2.24) is 10.0 Å². The average molecular weight is 290 g/mol. The first-order valence-electron chi connectivity index (χ1n) is 6.57. The zero-order valence-corrected chi connectivity index (χ0v) is 12.5. The van der Waals surface area contributed by atoms with Gasteiger partial charge < -0.3 is 14.9 Å². The minimum Gasteiger partial charge on any atom is -0.497 e. The predicted molar refractivity (Wildman–Crippen MR) is 79.9 cm³/mol. The van der Waals surface area contributed by atoms with Gasteiger partial charge in [0.2, 0.25) is 0 Å². The van der Waals surface area contributed by atoms with Crippen molar-refractivity contribution in [2.45, 2.75) is 19.9 Å². The van der Waals surface area contributed by atoms with E-state index >= 15 is 0 Å². The summed E-state index contributed by atoms with van der Waals surface area (Å²) in [6.07, 6.45) is 0. The molecule has 0 radical (unpaired) electrons. The lowest BCUT2D eigenvalue weighted by Crippen LogP contribution is -2.37. The van der Waals surface area contributed by atoms with Crippen LogP contribution in [0.3, 0.4) is 0 Å². The van der Waals surface area contributed by atoms with Crippen molar-refractivity contribution < 1.29 is 14.4 Å². The topological polar surface area (TPSA) is 69.6 Å². The maximum absolute atomic E-state index is 12.4. The lowest BCUT2D eigenvalue weighted by molar-refractivity contribution is 0.0874. The highest BCUT2D eigenvalue weighted by atomic mass is 16.7. The second-order valence-electron chi connectivity index (χ2n) is 4.89. The number of amides is 1. The Kier molecular flexibility index (Phi) is 4.16. The summed E-state index contributed by atoms with van der Waals surface area (Å²) in [4.78, 5) is 29.6. The average Bonchev–Trinajstić information content (AvgIpc) is 2.45. The minimum absolute atomic E-state index is 0.0427. The smallest absolute Gasteiger partial charge is 0.291 e. The van der Waals surface area contributed by atoms with Crippen LogP contribution in [0.25, 0.3) is 10.8 Å². The van der Waals surface area contributed by atoms with Gasteiger partial charge in [0.25, 0.3) is 11.5 Å². The summed E-state index contributed by atoms with van der Waals surface area (Å²) in [5.74, 6) is 0.251. The van der Waals surface area contributed by atoms with Gasteiger partial charge in [-0.3, -0.25) is 9.59 Å². The van der Waals surface area contributed by atoms with Gasteiger partial charge in [0.15, 0.2) is 0 Å². The molecular formula is C15H18N2O4. The Morgan fingerprint density at radius 3 is 2.52 bits per heavy atom. The third-order valence-corrected chi connectivity index (χ3v) is 3.02. The van der Waals surface area contributed by atoms with Crippen molar-refractivity contribution in [3.8, 4) is 5.75 Å². The molecule has 2 rings (SSSR count). The molecule has 0 spiro atoms. The van der Waals surface area contributed by atoms with Gasteiger partial charge in [-0.05, 0) is 43.5 Å². The molecule has 0 saturated heterocycles. The second-order valence-corrected chi connectivity index (χ2v) is 4.89. The Hall–Kier alpha value is -2.50. The van der Waals surface area contributed by atoms with Gasteiger partial charge in [-0.1, -0.05) is 0 Å². The molecule has 6 nitrogen and oxygen atoms in total. The number of ether oxygens (including phenoxy) is 1. The van der Waals surface area contributed by atoms with Crippen LogP contribution in [0, 0.1) is 0 Å². The van der Waals surface area contributed by atoms with Crippen LogP contribution in [-0.4, -0.2) is 30.9 Å². The molecule has 21 heavy (non-hydrogen) atoms. The van der Waals surface area contributed by atoms with Gasteiger partial charge in [0.05, 0.1) is 12.5 Å². The molecule has 112 valence electrons. The number of fused-ring (bicyclic) bond motifs is 1. The Bertz CT molecular complexity index is 734. The molecule has 0 unspecified atom stereocenters. The van der Waals surface area contributed by atoms with Crippen LogP contribution in [0.1, 0.15) is 24.3 Å². The first-order chi connectivity index (χ1) is 9.97. The number of hydrogen-bond acceptors (Lipinski definition) is 4. The molecule has 0 bridgehead atoms. The molecule has 2 aromatic rings. The number of nitrogens with one attached hydrogen (secondary N) is 1. The van der Waals surface area contributed by atoms with E-state index in [4.69, 9.17) is 9.57 Å². The highest BCUT2D eigenvalue weighted by Crippen LogP contribution is 2.19. The number of nitrogens with zero attached hydrogens (tertiary/aromatic N) is 1. The fourth-order valence-corrected chi connectivity index (χ4v) is 2.08. The normalized spacial score (nSPS) is 10.7. The number of benzene rings is 1. The number of carbonyl (C=O) groups is 1. The van der Waals surface area contributed by atoms with E-state index in [0.717, 1.165) is 4.73 Å². The summed E-state index contributed by atoms with van der Waals surface area (Å²) in [7, 11) is 2.90. The third kappa shape index (κ3) is 2.84. The van der Waals surface area contributed by atoms with E-state index < -0.39 is 0 Å². The molecule has 0 aliphatic rings. The number of methoxy groups -OCH3 is 1. The second kappa shape index (κ2) is 5.87. The number of hydrogen-bond donors (Lipinski definition) is 1. The van der Waals surface area contributed by atoms with Crippen LogP contribution in [0.15, 0.2) is 29.1 Å². The van der Waals surface area contributed by atoms with Crippen LogP contribution >= 0.6 is 0 Å². The summed E-state index contributed by atoms with van der Waals surface area (Å²) < 4.78 is 6.14. The summed E-state index contributed by atoms with van der Waals surface area (Å²) >= 11 is 0. The lowest BCUT2D eigenvalue weighted by Gasteiger charge is -2.14. The van der Waals surface area contributed by atoms with E-state index in [1.807, 2.05) is 13.8 Å². The molecule has 0 saturated carbocycles. The van der Waals surface area contributed by atoms with Gasteiger partial charge in [-0.15, -0.1) is 4.73 Å². The fourth-order valence-electron chi connectivity index (χ4n) is 2.08. The van der Waals surface area contributed by atoms with Crippen LogP contribution in [0.2, 0.25) is 0 Å². The molecule has 0 fully saturated rings. The number of carbonyl (C=O) groups excluding carboxylic acids is 1. The van der Waals surface area contributed by atoms with E-state index in [0.29, 0.717) is 16.5 Å². The summed E-state index contributed by atoms with van der Waals surface area (Å²) in [5.41, 5.74) is -0.233. The molecule has 0 atom stereocenters. The fraction of sp³-hybridized carbons (Fsp3) is 0.333. The molecule has 0 aliphatic heterocycles. The van der Waals surface area contributed by atoms with Crippen LogP contribution in [0.5, 0.6) is 5.75 Å². The van der Waals surface area contributed by atoms with Crippen molar-refractivity contribution in [3.63, 3.8) is 0 Å². The Morgan fingerprint density at radius 1 is 1.24 bits per heavy atom. The van der Waals surface area contributed by atoms with Gasteiger partial charge in [0, 0.05) is 6.04 Å². The third-order valence-electron chi connectivity index (χ3n) is 3.02. The highest BCUT2D eigenvalue weighted by Gasteiger charge is 2.17. The van der Waals surface area contributed by atoms with Gasteiger partial charge >= 0.3 is 0 Å². The molecule has 1 aromatic heterocycles. The van der Waals surface area contributed by atoms with E-state index in [1.165, 1.54) is 7.11 Å². The monoisotopic (exact) mass is 290 g/mol. The number of rotatable bonds is 4. The first-order valence-corrected chi connectivity index (χ1v) is 6.57. The standard InChI is InChI=1S/C15H18N2O4/c1-9(2)16-14(18)13-8-10-7-11(20-3)5-6-12(10)15(19)17(13)21-4/h5-9H,1-4H3,(H,16,18). The number of pyridine rings is 1. The quantitative estimate of drug-likeness (QED) is 0.919. The van der Waals surface area contributed by atoms with E-state index in [1.54, 1.807) is 31.4 Å². The summed E-state index contributed by atoms with van der Waals surface area (Å²) in [6, 6.07) is 6.62. The minimum atomic E-state index is -0.383. The van der Waals surface area contributed by atoms with Crippen molar-refractivity contribution in [3.05, 3.63) is 40.3 Å².